The predicted molar refractivity (Wildman–Crippen MR) is 169 cm³/mol. The second-order valence-corrected chi connectivity index (χ2v) is 13.5. The Morgan fingerprint density at radius 1 is 1.07 bits per heavy atom. The zero-order chi connectivity index (χ0) is 30.7. The minimum absolute atomic E-state index is 0.0480. The average molecular weight is 600 g/mol. The average Bonchev–Trinajstić information content (AvgIpc) is 3.57. The van der Waals surface area contributed by atoms with Gasteiger partial charge in [0.2, 0.25) is 5.91 Å². The number of aromatic nitrogens is 3. The summed E-state index contributed by atoms with van der Waals surface area (Å²) in [6.45, 7) is 8.32. The fourth-order valence-corrected chi connectivity index (χ4v) is 7.60. The number of hydrogen-bond donors (Lipinski definition) is 2. The lowest BCUT2D eigenvalue weighted by atomic mass is 9.43. The molecule has 1 aliphatic heterocycles. The molecule has 4 fully saturated rings. The molecule has 2 aromatic carbocycles. The van der Waals surface area contributed by atoms with Gasteiger partial charge in [-0.2, -0.15) is 5.10 Å². The van der Waals surface area contributed by atoms with Crippen molar-refractivity contribution >= 4 is 13.0 Å². The molecule has 4 aliphatic rings. The molecule has 3 saturated carbocycles. The molecule has 3 aliphatic carbocycles. The van der Waals surface area contributed by atoms with E-state index < -0.39 is 7.12 Å². The SMILES string of the molecule is CC1(C)[C@@H]2C[C@H]3OB([C@H](CCCCN)NC(=O)Cn4nc(COCc5ccccc5)nc4Cc4ccccc4)O[C@@]3(C)[C@H]1C2. The van der Waals surface area contributed by atoms with Gasteiger partial charge in [-0.05, 0) is 67.5 Å². The van der Waals surface area contributed by atoms with Gasteiger partial charge in [-0.15, -0.1) is 0 Å². The number of amides is 1. The largest absolute Gasteiger partial charge is 0.481 e. The standard InChI is InChI=1S/C34H46BN5O4/c1-33(2)26-19-27(33)34(3)28(20-26)43-35(44-34)29(16-10-11-17-36)37-32(41)21-40-31(18-24-12-6-4-7-13-24)38-30(39-40)23-42-22-25-14-8-5-9-15-25/h4-9,12-15,26-29H,10-11,16-23,36H2,1-3H3,(H,37,41)/t26-,27-,28+,29-,34-/m0/s1. The Bertz CT molecular complexity index is 1400. The predicted octanol–water partition coefficient (Wildman–Crippen LogP) is 4.47. The number of carbonyl (C=O) groups is 1. The van der Waals surface area contributed by atoms with Crippen LogP contribution >= 0.6 is 0 Å². The molecule has 1 aromatic heterocycles. The number of nitrogens with two attached hydrogens (primary N) is 1. The van der Waals surface area contributed by atoms with E-state index >= 15 is 0 Å². The fourth-order valence-electron chi connectivity index (χ4n) is 7.60. The Morgan fingerprint density at radius 2 is 1.80 bits per heavy atom. The summed E-state index contributed by atoms with van der Waals surface area (Å²) in [5, 5.41) is 7.96. The molecule has 5 atom stereocenters. The first-order valence-corrected chi connectivity index (χ1v) is 16.2. The normalized spacial score (nSPS) is 25.7. The highest BCUT2D eigenvalue weighted by atomic mass is 16.7. The molecule has 1 saturated heterocycles. The number of benzene rings is 2. The Balaban J connectivity index is 1.14. The van der Waals surface area contributed by atoms with E-state index in [4.69, 9.17) is 29.9 Å². The first kappa shape index (κ1) is 31.0. The third kappa shape index (κ3) is 6.49. The molecule has 0 spiro atoms. The molecule has 2 heterocycles. The molecule has 3 aromatic rings. The summed E-state index contributed by atoms with van der Waals surface area (Å²) in [6.07, 6.45) is 5.33. The number of hydrogen-bond acceptors (Lipinski definition) is 7. The van der Waals surface area contributed by atoms with Gasteiger partial charge in [0.25, 0.3) is 0 Å². The maximum Gasteiger partial charge on any atom is 0.481 e. The highest BCUT2D eigenvalue weighted by Crippen LogP contribution is 2.65. The van der Waals surface area contributed by atoms with Crippen molar-refractivity contribution < 1.29 is 18.8 Å². The van der Waals surface area contributed by atoms with Crippen LogP contribution in [0.4, 0.5) is 0 Å². The number of nitrogens with zero attached hydrogens (tertiary/aromatic N) is 3. The van der Waals surface area contributed by atoms with Gasteiger partial charge in [-0.1, -0.05) is 80.9 Å². The molecule has 9 nitrogen and oxygen atoms in total. The molecule has 7 rings (SSSR count). The van der Waals surface area contributed by atoms with Crippen molar-refractivity contribution in [1.82, 2.24) is 20.1 Å². The van der Waals surface area contributed by atoms with Crippen molar-refractivity contribution in [2.45, 2.75) is 96.7 Å². The van der Waals surface area contributed by atoms with Gasteiger partial charge < -0.3 is 25.1 Å². The van der Waals surface area contributed by atoms with Crippen molar-refractivity contribution in [2.75, 3.05) is 6.54 Å². The number of rotatable bonds is 14. The summed E-state index contributed by atoms with van der Waals surface area (Å²) in [7, 11) is -0.483. The van der Waals surface area contributed by atoms with Gasteiger partial charge >= 0.3 is 7.12 Å². The first-order chi connectivity index (χ1) is 21.3. The highest BCUT2D eigenvalue weighted by molar-refractivity contribution is 6.47. The van der Waals surface area contributed by atoms with Gasteiger partial charge in [0.15, 0.2) is 5.82 Å². The van der Waals surface area contributed by atoms with E-state index in [-0.39, 0.29) is 42.1 Å². The summed E-state index contributed by atoms with van der Waals surface area (Å²) >= 11 is 0. The van der Waals surface area contributed by atoms with Crippen molar-refractivity contribution in [1.29, 1.82) is 0 Å². The second kappa shape index (κ2) is 13.1. The van der Waals surface area contributed by atoms with Crippen LogP contribution in [0.2, 0.25) is 0 Å². The van der Waals surface area contributed by atoms with E-state index in [9.17, 15) is 4.79 Å². The van der Waals surface area contributed by atoms with Crippen LogP contribution in [0.5, 0.6) is 0 Å². The molecule has 2 bridgehead atoms. The zero-order valence-corrected chi connectivity index (χ0v) is 26.3. The van der Waals surface area contributed by atoms with Crippen LogP contribution in [0.15, 0.2) is 60.7 Å². The van der Waals surface area contributed by atoms with Crippen LogP contribution in [0.3, 0.4) is 0 Å². The first-order valence-electron chi connectivity index (χ1n) is 16.2. The molecule has 1 amide bonds. The van der Waals surface area contributed by atoms with Crippen LogP contribution in [0.25, 0.3) is 0 Å². The number of ether oxygens (including phenoxy) is 1. The lowest BCUT2D eigenvalue weighted by Gasteiger charge is -2.64. The monoisotopic (exact) mass is 599 g/mol. The van der Waals surface area contributed by atoms with E-state index in [0.29, 0.717) is 37.2 Å². The quantitative estimate of drug-likeness (QED) is 0.208. The van der Waals surface area contributed by atoms with E-state index in [0.717, 1.165) is 42.6 Å². The molecule has 234 valence electrons. The minimum atomic E-state index is -0.483. The summed E-state index contributed by atoms with van der Waals surface area (Å²) in [6, 6.07) is 20.1. The molecule has 44 heavy (non-hydrogen) atoms. The topological polar surface area (TPSA) is 114 Å². The van der Waals surface area contributed by atoms with E-state index in [2.05, 4.69) is 38.2 Å². The van der Waals surface area contributed by atoms with Crippen LogP contribution < -0.4 is 11.1 Å². The van der Waals surface area contributed by atoms with Crippen LogP contribution in [-0.4, -0.2) is 52.0 Å². The van der Waals surface area contributed by atoms with Crippen molar-refractivity contribution in [3.8, 4) is 0 Å². The van der Waals surface area contributed by atoms with Crippen molar-refractivity contribution in [3.63, 3.8) is 0 Å². The maximum atomic E-state index is 13.6. The number of carbonyl (C=O) groups excluding carboxylic acids is 1. The van der Waals surface area contributed by atoms with E-state index in [1.54, 1.807) is 4.68 Å². The molecular weight excluding hydrogens is 553 g/mol. The summed E-state index contributed by atoms with van der Waals surface area (Å²) in [5.41, 5.74) is 7.92. The van der Waals surface area contributed by atoms with Crippen molar-refractivity contribution in [2.24, 2.45) is 23.0 Å². The van der Waals surface area contributed by atoms with Crippen LogP contribution in [0, 0.1) is 17.3 Å². The fraction of sp³-hybridized carbons (Fsp3) is 0.559. The Hall–Kier alpha value is -3.05. The molecule has 3 N–H and O–H groups in total. The molecule has 0 unspecified atom stereocenters. The maximum absolute atomic E-state index is 13.6. The van der Waals surface area contributed by atoms with Gasteiger partial charge in [0.1, 0.15) is 19.0 Å². The Labute approximate surface area is 261 Å². The zero-order valence-electron chi connectivity index (χ0n) is 26.3. The molecular formula is C34H46BN5O4. The number of unbranched alkanes of at least 4 members (excludes halogenated alkanes) is 1. The van der Waals surface area contributed by atoms with Crippen molar-refractivity contribution in [3.05, 3.63) is 83.4 Å². The third-order valence-electron chi connectivity index (χ3n) is 10.2. The summed E-state index contributed by atoms with van der Waals surface area (Å²) in [4.78, 5) is 18.4. The van der Waals surface area contributed by atoms with Gasteiger partial charge in [-0.25, -0.2) is 9.67 Å². The molecule has 0 radical (unpaired) electrons. The lowest BCUT2D eigenvalue weighted by Crippen LogP contribution is -2.65. The van der Waals surface area contributed by atoms with E-state index in [1.165, 1.54) is 6.42 Å². The second-order valence-electron chi connectivity index (χ2n) is 13.5. The van der Waals surface area contributed by atoms with Gasteiger partial charge in [-0.3, -0.25) is 4.79 Å². The Morgan fingerprint density at radius 3 is 2.50 bits per heavy atom. The summed E-state index contributed by atoms with van der Waals surface area (Å²) < 4.78 is 20.9. The molecule has 10 heteroatoms. The summed E-state index contributed by atoms with van der Waals surface area (Å²) in [5.74, 6) is 1.99. The van der Waals surface area contributed by atoms with Crippen LogP contribution in [0.1, 0.15) is 75.7 Å². The van der Waals surface area contributed by atoms with Gasteiger partial charge in [0.05, 0.1) is 24.3 Å². The minimum Gasteiger partial charge on any atom is -0.404 e. The van der Waals surface area contributed by atoms with Crippen LogP contribution in [-0.2, 0) is 45.0 Å². The smallest absolute Gasteiger partial charge is 0.404 e. The van der Waals surface area contributed by atoms with E-state index in [1.807, 2.05) is 48.5 Å². The third-order valence-corrected chi connectivity index (χ3v) is 10.2. The lowest BCUT2D eigenvalue weighted by molar-refractivity contribution is -0.199. The number of nitrogens with one attached hydrogen (secondary N) is 1. The Kier molecular flexibility index (Phi) is 9.24. The van der Waals surface area contributed by atoms with Gasteiger partial charge in [0, 0.05) is 6.42 Å². The highest BCUT2D eigenvalue weighted by Gasteiger charge is 2.68.